The number of anilines is 1. The number of hydrogen-bond donors (Lipinski definition) is 1. The number of carbonyl (C=O) groups excluding carboxylic acids is 1. The third-order valence-electron chi connectivity index (χ3n) is 2.84. The summed E-state index contributed by atoms with van der Waals surface area (Å²) in [7, 11) is 0. The van der Waals surface area contributed by atoms with E-state index in [-0.39, 0.29) is 18.0 Å². The Hall–Kier alpha value is -1.95. The predicted molar refractivity (Wildman–Crippen MR) is 83.9 cm³/mol. The Morgan fingerprint density at radius 1 is 1.14 bits per heavy atom. The second-order valence-electron chi connectivity index (χ2n) is 4.58. The second-order valence-corrected chi connectivity index (χ2v) is 5.49. The zero-order chi connectivity index (χ0) is 15.9. The Bertz CT molecular complexity index is 647. The number of ether oxygens (including phenoxy) is 1. The maximum absolute atomic E-state index is 13.4. The number of nitrogens with one attached hydrogen (secondary N) is 1. The third-order valence-corrected chi connectivity index (χ3v) is 3.36. The molecule has 0 saturated heterocycles. The van der Waals surface area contributed by atoms with Crippen molar-refractivity contribution in [3.63, 3.8) is 0 Å². The smallest absolute Gasteiger partial charge is 0.224 e. The molecular weight excluding hydrogens is 356 g/mol. The molecule has 2 rings (SSSR count). The Morgan fingerprint density at radius 2 is 1.86 bits per heavy atom. The quantitative estimate of drug-likeness (QED) is 0.759. The SMILES string of the molecule is O=C(CCCOc1ccc(Br)cc1)Nc1ccc(F)cc1F. The van der Waals surface area contributed by atoms with E-state index >= 15 is 0 Å². The van der Waals surface area contributed by atoms with E-state index in [1.807, 2.05) is 24.3 Å². The molecule has 0 bridgehead atoms. The minimum atomic E-state index is -0.792. The molecule has 0 aliphatic heterocycles. The van der Waals surface area contributed by atoms with E-state index in [9.17, 15) is 13.6 Å². The fourth-order valence-corrected chi connectivity index (χ4v) is 2.02. The van der Waals surface area contributed by atoms with E-state index in [2.05, 4.69) is 21.2 Å². The van der Waals surface area contributed by atoms with Crippen molar-refractivity contribution in [2.75, 3.05) is 11.9 Å². The van der Waals surface area contributed by atoms with Crippen LogP contribution in [0.15, 0.2) is 46.9 Å². The maximum atomic E-state index is 13.4. The molecule has 0 heterocycles. The average Bonchev–Trinajstić information content (AvgIpc) is 2.48. The van der Waals surface area contributed by atoms with Gasteiger partial charge in [-0.3, -0.25) is 4.79 Å². The monoisotopic (exact) mass is 369 g/mol. The predicted octanol–water partition coefficient (Wildman–Crippen LogP) is 4.53. The number of rotatable bonds is 6. The lowest BCUT2D eigenvalue weighted by Crippen LogP contribution is -2.13. The highest BCUT2D eigenvalue weighted by Crippen LogP contribution is 2.17. The van der Waals surface area contributed by atoms with E-state index < -0.39 is 11.6 Å². The van der Waals surface area contributed by atoms with Gasteiger partial charge < -0.3 is 10.1 Å². The molecule has 0 radical (unpaired) electrons. The summed E-state index contributed by atoms with van der Waals surface area (Å²) in [6.45, 7) is 0.376. The first-order valence-electron chi connectivity index (χ1n) is 6.68. The Balaban J connectivity index is 1.72. The van der Waals surface area contributed by atoms with Crippen LogP contribution in [0.2, 0.25) is 0 Å². The lowest BCUT2D eigenvalue weighted by atomic mass is 10.2. The molecule has 22 heavy (non-hydrogen) atoms. The van der Waals surface area contributed by atoms with Gasteiger partial charge in [0.25, 0.3) is 0 Å². The Morgan fingerprint density at radius 3 is 2.55 bits per heavy atom. The molecule has 0 saturated carbocycles. The van der Waals surface area contributed by atoms with E-state index in [1.54, 1.807) is 0 Å². The molecule has 0 aromatic heterocycles. The molecule has 0 spiro atoms. The molecule has 0 aliphatic carbocycles. The molecular formula is C16H14BrF2NO2. The number of carbonyl (C=O) groups is 1. The van der Waals surface area contributed by atoms with Crippen molar-refractivity contribution in [1.82, 2.24) is 0 Å². The highest BCUT2D eigenvalue weighted by Gasteiger charge is 2.08. The summed E-state index contributed by atoms with van der Waals surface area (Å²) < 4.78 is 32.6. The Labute approximate surface area is 135 Å². The van der Waals surface area contributed by atoms with Gasteiger partial charge in [0.1, 0.15) is 17.4 Å². The molecule has 0 fully saturated rings. The molecule has 1 amide bonds. The fourth-order valence-electron chi connectivity index (χ4n) is 1.76. The molecule has 2 aromatic rings. The minimum absolute atomic E-state index is 0.0276. The summed E-state index contributed by atoms with van der Waals surface area (Å²) in [6.07, 6.45) is 0.679. The van der Waals surface area contributed by atoms with E-state index in [4.69, 9.17) is 4.74 Å². The standard InChI is InChI=1S/C16H14BrF2NO2/c17-11-3-6-13(7-4-11)22-9-1-2-16(21)20-15-8-5-12(18)10-14(15)19/h3-8,10H,1-2,9H2,(H,20,21). The Kier molecular flexibility index (Phi) is 5.89. The highest BCUT2D eigenvalue weighted by atomic mass is 79.9. The molecule has 2 aromatic carbocycles. The van der Waals surface area contributed by atoms with Gasteiger partial charge in [-0.05, 0) is 42.8 Å². The van der Waals surface area contributed by atoms with Crippen LogP contribution in [0, 0.1) is 11.6 Å². The van der Waals surface area contributed by atoms with E-state index in [1.165, 1.54) is 6.07 Å². The molecule has 116 valence electrons. The van der Waals surface area contributed by atoms with Crippen molar-refractivity contribution >= 4 is 27.5 Å². The van der Waals surface area contributed by atoms with Gasteiger partial charge in [0, 0.05) is 17.0 Å². The lowest BCUT2D eigenvalue weighted by Gasteiger charge is -2.08. The maximum Gasteiger partial charge on any atom is 0.224 e. The summed E-state index contributed by atoms with van der Waals surface area (Å²) in [5.41, 5.74) is -0.0276. The molecule has 0 aliphatic rings. The number of hydrogen-bond acceptors (Lipinski definition) is 2. The number of benzene rings is 2. The van der Waals surface area contributed by atoms with Gasteiger partial charge in [0.15, 0.2) is 0 Å². The number of amides is 1. The van der Waals surface area contributed by atoms with Crippen molar-refractivity contribution in [3.05, 3.63) is 58.6 Å². The van der Waals surface area contributed by atoms with Gasteiger partial charge in [0.05, 0.1) is 12.3 Å². The zero-order valence-electron chi connectivity index (χ0n) is 11.6. The van der Waals surface area contributed by atoms with Crippen molar-refractivity contribution in [1.29, 1.82) is 0 Å². The minimum Gasteiger partial charge on any atom is -0.494 e. The van der Waals surface area contributed by atoms with Gasteiger partial charge in [0.2, 0.25) is 5.91 Å². The van der Waals surface area contributed by atoms with Gasteiger partial charge >= 0.3 is 0 Å². The second kappa shape index (κ2) is 7.89. The van der Waals surface area contributed by atoms with Crippen molar-refractivity contribution in [3.8, 4) is 5.75 Å². The summed E-state index contributed by atoms with van der Waals surface area (Å²) in [4.78, 5) is 11.7. The van der Waals surface area contributed by atoms with Crippen LogP contribution in [0.5, 0.6) is 5.75 Å². The van der Waals surface area contributed by atoms with Crippen LogP contribution in [0.1, 0.15) is 12.8 Å². The zero-order valence-corrected chi connectivity index (χ0v) is 13.2. The van der Waals surface area contributed by atoms with Crippen LogP contribution in [0.4, 0.5) is 14.5 Å². The first-order chi connectivity index (χ1) is 10.5. The van der Waals surface area contributed by atoms with E-state index in [0.29, 0.717) is 18.8 Å². The van der Waals surface area contributed by atoms with Crippen molar-refractivity contribution < 1.29 is 18.3 Å². The van der Waals surface area contributed by atoms with Crippen LogP contribution in [-0.2, 0) is 4.79 Å². The highest BCUT2D eigenvalue weighted by molar-refractivity contribution is 9.10. The molecule has 0 atom stereocenters. The number of halogens is 3. The average molecular weight is 370 g/mol. The van der Waals surface area contributed by atoms with Gasteiger partial charge in [-0.1, -0.05) is 15.9 Å². The van der Waals surface area contributed by atoms with E-state index in [0.717, 1.165) is 16.6 Å². The van der Waals surface area contributed by atoms with Crippen LogP contribution in [-0.4, -0.2) is 12.5 Å². The van der Waals surface area contributed by atoms with Crippen LogP contribution >= 0.6 is 15.9 Å². The topological polar surface area (TPSA) is 38.3 Å². The largest absolute Gasteiger partial charge is 0.494 e. The van der Waals surface area contributed by atoms with Gasteiger partial charge in [-0.25, -0.2) is 8.78 Å². The summed E-state index contributed by atoms with van der Waals surface area (Å²) in [6, 6.07) is 10.4. The fraction of sp³-hybridized carbons (Fsp3) is 0.188. The third kappa shape index (κ3) is 5.11. The van der Waals surface area contributed by atoms with Gasteiger partial charge in [-0.2, -0.15) is 0 Å². The van der Waals surface area contributed by atoms with Crippen molar-refractivity contribution in [2.45, 2.75) is 12.8 Å². The molecule has 3 nitrogen and oxygen atoms in total. The molecule has 1 N–H and O–H groups in total. The van der Waals surface area contributed by atoms with Crippen LogP contribution in [0.3, 0.4) is 0 Å². The summed E-state index contributed by atoms with van der Waals surface area (Å²) in [5, 5.41) is 2.40. The first-order valence-corrected chi connectivity index (χ1v) is 7.47. The van der Waals surface area contributed by atoms with Crippen LogP contribution < -0.4 is 10.1 Å². The normalized spacial score (nSPS) is 10.3. The first kappa shape index (κ1) is 16.4. The summed E-state index contributed by atoms with van der Waals surface area (Å²) in [5.74, 6) is -1.10. The van der Waals surface area contributed by atoms with Gasteiger partial charge in [-0.15, -0.1) is 0 Å². The molecule has 0 unspecified atom stereocenters. The lowest BCUT2D eigenvalue weighted by molar-refractivity contribution is -0.116. The summed E-state index contributed by atoms with van der Waals surface area (Å²) >= 11 is 3.33. The molecule has 6 heteroatoms. The van der Waals surface area contributed by atoms with Crippen LogP contribution in [0.25, 0.3) is 0 Å². The van der Waals surface area contributed by atoms with Crippen molar-refractivity contribution in [2.24, 2.45) is 0 Å².